The number of hydrogen-bond acceptors (Lipinski definition) is 2. The van der Waals surface area contributed by atoms with Gasteiger partial charge in [0.2, 0.25) is 0 Å². The van der Waals surface area contributed by atoms with E-state index in [-0.39, 0.29) is 11.3 Å². The van der Waals surface area contributed by atoms with Crippen LogP contribution in [0.2, 0.25) is 0 Å². The second kappa shape index (κ2) is 7.60. The third-order valence-corrected chi connectivity index (χ3v) is 2.42. The Bertz CT molecular complexity index is 374. The van der Waals surface area contributed by atoms with Gasteiger partial charge in [-0.15, -0.1) is 6.58 Å². The lowest BCUT2D eigenvalue weighted by Gasteiger charge is -2.08. The minimum absolute atomic E-state index is 0.0613. The number of benzene rings is 1. The molecule has 0 N–H and O–H groups in total. The summed E-state index contributed by atoms with van der Waals surface area (Å²) in [5.74, 6) is -0.424. The first-order valence-electron chi connectivity index (χ1n) is 5.77. The summed E-state index contributed by atoms with van der Waals surface area (Å²) in [5, 5.41) is 0. The summed E-state index contributed by atoms with van der Waals surface area (Å²) in [5.41, 5.74) is 0.260. The highest BCUT2D eigenvalue weighted by atomic mass is 19.1. The fourth-order valence-corrected chi connectivity index (χ4v) is 1.51. The number of rotatable bonds is 8. The maximum Gasteiger partial charge on any atom is 0.165 e. The summed E-state index contributed by atoms with van der Waals surface area (Å²) < 4.78 is 18.7. The lowest BCUT2D eigenvalue weighted by molar-refractivity contribution is 0.111. The Balaban J connectivity index is 2.40. The van der Waals surface area contributed by atoms with E-state index in [9.17, 15) is 9.18 Å². The van der Waals surface area contributed by atoms with Gasteiger partial charge in [0.05, 0.1) is 12.2 Å². The van der Waals surface area contributed by atoms with Crippen molar-refractivity contribution >= 4 is 6.29 Å². The van der Waals surface area contributed by atoms with Gasteiger partial charge in [0.15, 0.2) is 17.9 Å². The number of aldehydes is 1. The number of para-hydroxylation sites is 1. The van der Waals surface area contributed by atoms with Crippen molar-refractivity contribution < 1.29 is 13.9 Å². The van der Waals surface area contributed by atoms with Crippen LogP contribution in [0, 0.1) is 5.82 Å². The van der Waals surface area contributed by atoms with Crippen molar-refractivity contribution in [3.63, 3.8) is 0 Å². The summed E-state index contributed by atoms with van der Waals surface area (Å²) in [7, 11) is 0. The van der Waals surface area contributed by atoms with E-state index in [1.54, 1.807) is 6.07 Å². The zero-order valence-corrected chi connectivity index (χ0v) is 9.82. The molecule has 1 aromatic rings. The Morgan fingerprint density at radius 3 is 2.82 bits per heavy atom. The molecule has 0 spiro atoms. The van der Waals surface area contributed by atoms with Gasteiger partial charge in [-0.2, -0.15) is 0 Å². The second-order valence-corrected chi connectivity index (χ2v) is 3.76. The minimum Gasteiger partial charge on any atom is -0.490 e. The Labute approximate surface area is 101 Å². The molecule has 17 heavy (non-hydrogen) atoms. The number of halogens is 1. The van der Waals surface area contributed by atoms with Crippen LogP contribution >= 0.6 is 0 Å². The molecule has 0 atom stereocenters. The van der Waals surface area contributed by atoms with Crippen LogP contribution in [0.15, 0.2) is 30.9 Å². The molecule has 0 saturated carbocycles. The third kappa shape index (κ3) is 4.39. The topological polar surface area (TPSA) is 26.3 Å². The molecule has 0 aliphatic heterocycles. The molecule has 0 aliphatic rings. The molecule has 0 radical (unpaired) electrons. The minimum atomic E-state index is -0.485. The predicted molar refractivity (Wildman–Crippen MR) is 65.9 cm³/mol. The lowest BCUT2D eigenvalue weighted by Crippen LogP contribution is -2.02. The van der Waals surface area contributed by atoms with Crippen molar-refractivity contribution in [3.8, 4) is 5.75 Å². The molecule has 1 aromatic carbocycles. The van der Waals surface area contributed by atoms with Crippen LogP contribution in [-0.2, 0) is 0 Å². The van der Waals surface area contributed by atoms with Gasteiger partial charge in [-0.05, 0) is 37.8 Å². The smallest absolute Gasteiger partial charge is 0.165 e. The lowest BCUT2D eigenvalue weighted by atomic mass is 10.2. The fraction of sp³-hybridized carbons (Fsp3) is 0.357. The fourth-order valence-electron chi connectivity index (χ4n) is 1.51. The number of carbonyl (C=O) groups is 1. The summed E-state index contributed by atoms with van der Waals surface area (Å²) in [6.07, 6.45) is 6.39. The van der Waals surface area contributed by atoms with Crippen LogP contribution in [0.4, 0.5) is 4.39 Å². The van der Waals surface area contributed by atoms with Gasteiger partial charge in [-0.3, -0.25) is 4.79 Å². The summed E-state index contributed by atoms with van der Waals surface area (Å²) >= 11 is 0. The quantitative estimate of drug-likeness (QED) is 0.390. The number of hydrogen-bond donors (Lipinski definition) is 0. The number of unbranched alkanes of at least 4 members (excludes halogenated alkanes) is 3. The Morgan fingerprint density at radius 2 is 2.12 bits per heavy atom. The maximum atomic E-state index is 13.4. The van der Waals surface area contributed by atoms with Crippen LogP contribution in [0.1, 0.15) is 36.0 Å². The van der Waals surface area contributed by atoms with Gasteiger partial charge in [-0.1, -0.05) is 12.1 Å². The first kappa shape index (κ1) is 13.4. The normalized spacial score (nSPS) is 9.94. The zero-order chi connectivity index (χ0) is 12.5. The van der Waals surface area contributed by atoms with Crippen LogP contribution in [0.3, 0.4) is 0 Å². The zero-order valence-electron chi connectivity index (χ0n) is 9.82. The van der Waals surface area contributed by atoms with Crippen LogP contribution in [0.5, 0.6) is 5.75 Å². The Kier molecular flexibility index (Phi) is 6.00. The molecule has 0 amide bonds. The largest absolute Gasteiger partial charge is 0.490 e. The van der Waals surface area contributed by atoms with E-state index in [2.05, 4.69) is 6.58 Å². The van der Waals surface area contributed by atoms with E-state index in [1.165, 1.54) is 12.1 Å². The summed E-state index contributed by atoms with van der Waals surface area (Å²) in [6.45, 7) is 4.07. The van der Waals surface area contributed by atoms with Gasteiger partial charge in [-0.25, -0.2) is 4.39 Å². The van der Waals surface area contributed by atoms with Crippen LogP contribution < -0.4 is 4.74 Å². The van der Waals surface area contributed by atoms with Crippen molar-refractivity contribution in [1.82, 2.24) is 0 Å². The van der Waals surface area contributed by atoms with Crippen molar-refractivity contribution in [1.29, 1.82) is 0 Å². The standard InChI is InChI=1S/C14H17FO2/c1-2-3-4-5-6-10-17-14-12(11-16)8-7-9-13(14)15/h2,7-9,11H,1,3-6,10H2. The first-order chi connectivity index (χ1) is 8.29. The first-order valence-corrected chi connectivity index (χ1v) is 5.77. The molecule has 0 saturated heterocycles. The van der Waals surface area contributed by atoms with E-state index in [4.69, 9.17) is 4.74 Å². The van der Waals surface area contributed by atoms with E-state index >= 15 is 0 Å². The molecule has 0 unspecified atom stereocenters. The molecule has 0 aromatic heterocycles. The summed E-state index contributed by atoms with van der Waals surface area (Å²) in [4.78, 5) is 10.7. The summed E-state index contributed by atoms with van der Waals surface area (Å²) in [6, 6.07) is 4.33. The van der Waals surface area contributed by atoms with Gasteiger partial charge in [0.1, 0.15) is 0 Å². The van der Waals surface area contributed by atoms with Gasteiger partial charge in [0.25, 0.3) is 0 Å². The molecule has 0 heterocycles. The number of ether oxygens (including phenoxy) is 1. The molecular formula is C14H17FO2. The second-order valence-electron chi connectivity index (χ2n) is 3.76. The SMILES string of the molecule is C=CCCCCCOc1c(F)cccc1C=O. The molecule has 92 valence electrons. The average molecular weight is 236 g/mol. The van der Waals surface area contributed by atoms with Crippen molar-refractivity contribution in [2.75, 3.05) is 6.61 Å². The maximum absolute atomic E-state index is 13.4. The van der Waals surface area contributed by atoms with Crippen LogP contribution in [-0.4, -0.2) is 12.9 Å². The highest BCUT2D eigenvalue weighted by Crippen LogP contribution is 2.21. The van der Waals surface area contributed by atoms with Crippen LogP contribution in [0.25, 0.3) is 0 Å². The predicted octanol–water partition coefficient (Wildman–Crippen LogP) is 3.76. The van der Waals surface area contributed by atoms with Gasteiger partial charge >= 0.3 is 0 Å². The molecule has 0 bridgehead atoms. The highest BCUT2D eigenvalue weighted by molar-refractivity contribution is 5.79. The van der Waals surface area contributed by atoms with E-state index in [0.717, 1.165) is 25.7 Å². The molecular weight excluding hydrogens is 219 g/mol. The average Bonchev–Trinajstić information content (AvgIpc) is 2.35. The number of allylic oxidation sites excluding steroid dienone is 1. The van der Waals surface area contributed by atoms with E-state index in [0.29, 0.717) is 12.9 Å². The van der Waals surface area contributed by atoms with Gasteiger partial charge < -0.3 is 4.74 Å². The highest BCUT2D eigenvalue weighted by Gasteiger charge is 2.08. The Morgan fingerprint density at radius 1 is 1.29 bits per heavy atom. The number of carbonyl (C=O) groups excluding carboxylic acids is 1. The van der Waals surface area contributed by atoms with E-state index < -0.39 is 5.82 Å². The van der Waals surface area contributed by atoms with Crippen molar-refractivity contribution in [2.45, 2.75) is 25.7 Å². The molecule has 0 aliphatic carbocycles. The molecule has 1 rings (SSSR count). The van der Waals surface area contributed by atoms with E-state index in [1.807, 2.05) is 6.08 Å². The molecule has 3 heteroatoms. The third-order valence-electron chi connectivity index (χ3n) is 2.42. The van der Waals surface area contributed by atoms with Crippen molar-refractivity contribution in [2.24, 2.45) is 0 Å². The molecule has 2 nitrogen and oxygen atoms in total. The Hall–Kier alpha value is -1.64. The van der Waals surface area contributed by atoms with Gasteiger partial charge in [0, 0.05) is 0 Å². The monoisotopic (exact) mass is 236 g/mol. The van der Waals surface area contributed by atoms with Crippen molar-refractivity contribution in [3.05, 3.63) is 42.2 Å². The molecule has 0 fully saturated rings.